The fourth-order valence-electron chi connectivity index (χ4n) is 3.88. The number of likely N-dealkylation sites (tertiary alicyclic amines) is 1. The molecule has 1 saturated heterocycles. The Kier molecular flexibility index (Phi) is 5.24. The van der Waals surface area contributed by atoms with Gasteiger partial charge >= 0.3 is 6.03 Å². The number of piperidine rings is 1. The second-order valence-corrected chi connectivity index (χ2v) is 8.72. The minimum absolute atomic E-state index is 0.00922. The molecule has 0 radical (unpaired) electrons. The third kappa shape index (κ3) is 4.21. The van der Waals surface area contributed by atoms with Crippen molar-refractivity contribution < 1.29 is 4.79 Å². The number of nitrogens with zero attached hydrogens (tertiary/aromatic N) is 4. The smallest absolute Gasteiger partial charge is 0.323 e. The first-order valence-electron chi connectivity index (χ1n) is 9.67. The van der Waals surface area contributed by atoms with Gasteiger partial charge in [-0.25, -0.2) is 14.5 Å². The highest BCUT2D eigenvalue weighted by atomic mass is 32.1. The van der Waals surface area contributed by atoms with Gasteiger partial charge < -0.3 is 4.90 Å². The van der Waals surface area contributed by atoms with Crippen molar-refractivity contribution in [3.05, 3.63) is 38.8 Å². The van der Waals surface area contributed by atoms with Gasteiger partial charge in [-0.3, -0.25) is 10.1 Å². The van der Waals surface area contributed by atoms with Crippen LogP contribution in [0.2, 0.25) is 0 Å². The van der Waals surface area contributed by atoms with Crippen LogP contribution >= 0.6 is 11.3 Å². The van der Waals surface area contributed by atoms with Gasteiger partial charge in [0.05, 0.1) is 5.69 Å². The van der Waals surface area contributed by atoms with Crippen LogP contribution < -0.4 is 10.9 Å². The van der Waals surface area contributed by atoms with Crippen molar-refractivity contribution in [1.29, 1.82) is 0 Å². The fraction of sp³-hybridized carbons (Fsp3) is 0.579. The highest BCUT2D eigenvalue weighted by molar-refractivity contribution is 7.15. The molecule has 0 bridgehead atoms. The van der Waals surface area contributed by atoms with Gasteiger partial charge in [-0.1, -0.05) is 0 Å². The molecule has 4 rings (SSSR count). The number of carbonyl (C=O) groups excluding carboxylic acids is 1. The molecule has 0 unspecified atom stereocenters. The van der Waals surface area contributed by atoms with Crippen molar-refractivity contribution in [2.45, 2.75) is 52.0 Å². The van der Waals surface area contributed by atoms with Gasteiger partial charge in [-0.2, -0.15) is 5.10 Å². The molecule has 1 N–H and O–H groups in total. The van der Waals surface area contributed by atoms with Crippen molar-refractivity contribution in [3.8, 4) is 0 Å². The molecule has 1 aliphatic heterocycles. The first-order chi connectivity index (χ1) is 13.1. The normalized spacial score (nSPS) is 17.6. The molecular formula is C19H25N5O2S. The number of anilines is 1. The number of nitrogens with one attached hydrogen (secondary N) is 1. The number of carbonyl (C=O) groups is 1. The van der Waals surface area contributed by atoms with Crippen LogP contribution in [0.5, 0.6) is 0 Å². The van der Waals surface area contributed by atoms with Crippen molar-refractivity contribution in [2.75, 3.05) is 18.4 Å². The zero-order valence-corrected chi connectivity index (χ0v) is 16.4. The second kappa shape index (κ2) is 7.80. The van der Waals surface area contributed by atoms with E-state index in [9.17, 15) is 9.59 Å². The summed E-state index contributed by atoms with van der Waals surface area (Å²) < 4.78 is 1.64. The van der Waals surface area contributed by atoms with E-state index in [1.807, 2.05) is 11.8 Å². The SMILES string of the molecule is Cc1cnc(NC(=O)N2CCC(Cn3nc4c(cc3=O)CCCC4)CC2)s1. The Morgan fingerprint density at radius 3 is 2.81 bits per heavy atom. The number of aromatic nitrogens is 3. The van der Waals surface area contributed by atoms with Crippen LogP contribution in [0.4, 0.5) is 9.93 Å². The minimum Gasteiger partial charge on any atom is -0.324 e. The van der Waals surface area contributed by atoms with E-state index < -0.39 is 0 Å². The lowest BCUT2D eigenvalue weighted by molar-refractivity contribution is 0.174. The molecular weight excluding hydrogens is 362 g/mol. The van der Waals surface area contributed by atoms with Crippen LogP contribution in [0, 0.1) is 12.8 Å². The first-order valence-corrected chi connectivity index (χ1v) is 10.5. The summed E-state index contributed by atoms with van der Waals surface area (Å²) in [4.78, 5) is 31.8. The minimum atomic E-state index is -0.0909. The third-order valence-corrected chi connectivity index (χ3v) is 6.27. The Hall–Kier alpha value is -2.22. The van der Waals surface area contributed by atoms with Crippen molar-refractivity contribution >= 4 is 22.5 Å². The summed E-state index contributed by atoms with van der Waals surface area (Å²) in [5.41, 5.74) is 2.23. The lowest BCUT2D eigenvalue weighted by Crippen LogP contribution is -2.42. The van der Waals surface area contributed by atoms with Gasteiger partial charge in [0.1, 0.15) is 0 Å². The largest absolute Gasteiger partial charge is 0.324 e. The maximum absolute atomic E-state index is 12.4. The molecule has 2 aromatic rings. The molecule has 7 nitrogen and oxygen atoms in total. The highest BCUT2D eigenvalue weighted by Crippen LogP contribution is 2.22. The lowest BCUT2D eigenvalue weighted by Gasteiger charge is -2.31. The topological polar surface area (TPSA) is 80.1 Å². The summed E-state index contributed by atoms with van der Waals surface area (Å²) in [6, 6.07) is 1.69. The van der Waals surface area contributed by atoms with E-state index in [0.29, 0.717) is 30.7 Å². The molecule has 0 saturated carbocycles. The average Bonchev–Trinajstić information content (AvgIpc) is 3.07. The maximum Gasteiger partial charge on any atom is 0.323 e. The predicted octanol–water partition coefficient (Wildman–Crippen LogP) is 2.83. The Bertz CT molecular complexity index is 882. The van der Waals surface area contributed by atoms with Crippen LogP contribution in [0.1, 0.15) is 41.8 Å². The lowest BCUT2D eigenvalue weighted by atomic mass is 9.96. The standard InChI is InChI=1S/C19H25N5O2S/c1-13-11-20-18(27-13)21-19(26)23-8-6-14(7-9-23)12-24-17(25)10-15-4-2-3-5-16(15)22-24/h10-11,14H,2-9,12H2,1H3,(H,20,21,26). The average molecular weight is 388 g/mol. The van der Waals surface area contributed by atoms with E-state index in [0.717, 1.165) is 54.7 Å². The van der Waals surface area contributed by atoms with Gasteiger partial charge in [0.25, 0.3) is 5.56 Å². The van der Waals surface area contributed by atoms with Gasteiger partial charge in [-0.05, 0) is 56.9 Å². The van der Waals surface area contributed by atoms with Crippen molar-refractivity contribution in [2.24, 2.45) is 5.92 Å². The highest BCUT2D eigenvalue weighted by Gasteiger charge is 2.24. The summed E-state index contributed by atoms with van der Waals surface area (Å²) in [7, 11) is 0. The molecule has 1 fully saturated rings. The van der Waals surface area contributed by atoms with Crippen LogP contribution in [-0.2, 0) is 19.4 Å². The van der Waals surface area contributed by atoms with Gasteiger partial charge in [0, 0.05) is 36.8 Å². The third-order valence-electron chi connectivity index (χ3n) is 5.44. The van der Waals surface area contributed by atoms with E-state index in [2.05, 4.69) is 15.4 Å². The zero-order valence-electron chi connectivity index (χ0n) is 15.6. The molecule has 27 heavy (non-hydrogen) atoms. The Labute approximate surface area is 162 Å². The summed E-state index contributed by atoms with van der Waals surface area (Å²) in [5.74, 6) is 0.378. The quantitative estimate of drug-likeness (QED) is 0.878. The molecule has 2 aromatic heterocycles. The molecule has 0 spiro atoms. The molecule has 8 heteroatoms. The monoisotopic (exact) mass is 387 g/mol. The predicted molar refractivity (Wildman–Crippen MR) is 105 cm³/mol. The Balaban J connectivity index is 1.33. The van der Waals surface area contributed by atoms with Crippen LogP contribution in [-0.4, -0.2) is 38.8 Å². The second-order valence-electron chi connectivity index (χ2n) is 7.48. The Morgan fingerprint density at radius 1 is 1.30 bits per heavy atom. The van der Waals surface area contributed by atoms with Gasteiger partial charge in [0.2, 0.25) is 0 Å². The van der Waals surface area contributed by atoms with Gasteiger partial charge in [-0.15, -0.1) is 11.3 Å². The first kappa shape index (κ1) is 18.2. The van der Waals surface area contributed by atoms with E-state index in [1.54, 1.807) is 16.9 Å². The summed E-state index contributed by atoms with van der Waals surface area (Å²) in [6.07, 6.45) is 7.79. The van der Waals surface area contributed by atoms with E-state index in [-0.39, 0.29) is 11.6 Å². The number of thiazole rings is 1. The number of hydrogen-bond donors (Lipinski definition) is 1. The molecule has 144 valence electrons. The van der Waals surface area contributed by atoms with Crippen molar-refractivity contribution in [1.82, 2.24) is 19.7 Å². The maximum atomic E-state index is 12.4. The number of hydrogen-bond acceptors (Lipinski definition) is 5. The molecule has 1 aliphatic carbocycles. The summed E-state index contributed by atoms with van der Waals surface area (Å²) in [5, 5.41) is 8.13. The van der Waals surface area contributed by atoms with Crippen LogP contribution in [0.25, 0.3) is 0 Å². The fourth-order valence-corrected chi connectivity index (χ4v) is 4.53. The number of amides is 2. The van der Waals surface area contributed by atoms with Crippen molar-refractivity contribution in [3.63, 3.8) is 0 Å². The zero-order chi connectivity index (χ0) is 18.8. The number of aryl methyl sites for hydroxylation is 3. The number of rotatable bonds is 3. The molecule has 0 aromatic carbocycles. The molecule has 0 atom stereocenters. The molecule has 3 heterocycles. The van der Waals surface area contributed by atoms with Gasteiger partial charge in [0.15, 0.2) is 5.13 Å². The van der Waals surface area contributed by atoms with Crippen LogP contribution in [0.15, 0.2) is 17.1 Å². The van der Waals surface area contributed by atoms with E-state index in [4.69, 9.17) is 0 Å². The molecule has 2 amide bonds. The van der Waals surface area contributed by atoms with Crippen LogP contribution in [0.3, 0.4) is 0 Å². The van der Waals surface area contributed by atoms with E-state index >= 15 is 0 Å². The number of urea groups is 1. The summed E-state index contributed by atoms with van der Waals surface area (Å²) in [6.45, 7) is 4.00. The van der Waals surface area contributed by atoms with E-state index in [1.165, 1.54) is 11.3 Å². The summed E-state index contributed by atoms with van der Waals surface area (Å²) >= 11 is 1.48. The Morgan fingerprint density at radius 2 is 2.07 bits per heavy atom. The molecule has 2 aliphatic rings. The number of fused-ring (bicyclic) bond motifs is 1.